The number of rotatable bonds is 3. The molecule has 2 rings (SSSR count). The Morgan fingerprint density at radius 2 is 1.53 bits per heavy atom. The first-order chi connectivity index (χ1) is 8.08. The highest BCUT2D eigenvalue weighted by molar-refractivity contribution is 7.17. The van der Waals surface area contributed by atoms with Crippen molar-refractivity contribution in [1.29, 1.82) is 0 Å². The SMILES string of the molecule is CC(=O)c1ccc(-c2ccc(C(C)=O)s2)cc1. The molecule has 0 spiro atoms. The summed E-state index contributed by atoms with van der Waals surface area (Å²) in [4.78, 5) is 24.2. The highest BCUT2D eigenvalue weighted by atomic mass is 32.1. The minimum Gasteiger partial charge on any atom is -0.295 e. The van der Waals surface area contributed by atoms with E-state index in [1.165, 1.54) is 11.3 Å². The van der Waals surface area contributed by atoms with Gasteiger partial charge in [-0.05, 0) is 31.5 Å². The molecule has 86 valence electrons. The van der Waals surface area contributed by atoms with Crippen LogP contribution in [0.4, 0.5) is 0 Å². The molecule has 0 radical (unpaired) electrons. The lowest BCUT2D eigenvalue weighted by atomic mass is 10.1. The molecule has 0 aliphatic carbocycles. The molecule has 0 aliphatic rings. The minimum atomic E-state index is 0.0622. The molecule has 1 heterocycles. The lowest BCUT2D eigenvalue weighted by Gasteiger charge is -1.99. The maximum Gasteiger partial charge on any atom is 0.169 e. The molecule has 0 fully saturated rings. The average Bonchev–Trinajstić information content (AvgIpc) is 2.78. The molecule has 0 saturated carbocycles. The molecule has 0 unspecified atom stereocenters. The Hall–Kier alpha value is -1.74. The largest absolute Gasteiger partial charge is 0.295 e. The Balaban J connectivity index is 2.33. The highest BCUT2D eigenvalue weighted by Gasteiger charge is 2.06. The molecule has 0 amide bonds. The fourth-order valence-corrected chi connectivity index (χ4v) is 2.46. The van der Waals surface area contributed by atoms with Crippen LogP contribution in [-0.2, 0) is 0 Å². The zero-order chi connectivity index (χ0) is 12.4. The van der Waals surface area contributed by atoms with Crippen molar-refractivity contribution in [2.24, 2.45) is 0 Å². The van der Waals surface area contributed by atoms with E-state index in [-0.39, 0.29) is 11.6 Å². The zero-order valence-electron chi connectivity index (χ0n) is 9.69. The van der Waals surface area contributed by atoms with Crippen molar-refractivity contribution in [3.8, 4) is 10.4 Å². The summed E-state index contributed by atoms with van der Waals surface area (Å²) < 4.78 is 0. The van der Waals surface area contributed by atoms with Gasteiger partial charge >= 0.3 is 0 Å². The normalized spacial score (nSPS) is 10.2. The Labute approximate surface area is 104 Å². The molecule has 0 bridgehead atoms. The van der Waals surface area contributed by atoms with Crippen molar-refractivity contribution in [2.45, 2.75) is 13.8 Å². The molecule has 0 N–H and O–H groups in total. The highest BCUT2D eigenvalue weighted by Crippen LogP contribution is 2.28. The van der Waals surface area contributed by atoms with E-state index in [9.17, 15) is 9.59 Å². The van der Waals surface area contributed by atoms with Gasteiger partial charge in [0.15, 0.2) is 11.6 Å². The number of ketones is 2. The second-order valence-electron chi connectivity index (χ2n) is 3.85. The van der Waals surface area contributed by atoms with Crippen molar-refractivity contribution < 1.29 is 9.59 Å². The maximum atomic E-state index is 11.2. The standard InChI is InChI=1S/C14H12O2S/c1-9(15)11-3-5-12(6-4-11)14-8-7-13(17-14)10(2)16/h3-8H,1-2H3. The maximum absolute atomic E-state index is 11.2. The van der Waals surface area contributed by atoms with E-state index in [0.29, 0.717) is 5.56 Å². The number of hydrogen-bond donors (Lipinski definition) is 0. The summed E-state index contributed by atoms with van der Waals surface area (Å²) in [5.41, 5.74) is 1.74. The summed E-state index contributed by atoms with van der Waals surface area (Å²) in [6.45, 7) is 3.11. The average molecular weight is 244 g/mol. The molecule has 2 aromatic rings. The van der Waals surface area contributed by atoms with E-state index in [0.717, 1.165) is 15.3 Å². The number of carbonyl (C=O) groups excluding carboxylic acids is 2. The first-order valence-electron chi connectivity index (χ1n) is 5.30. The van der Waals surface area contributed by atoms with E-state index in [4.69, 9.17) is 0 Å². The van der Waals surface area contributed by atoms with Crippen molar-refractivity contribution in [3.05, 3.63) is 46.8 Å². The number of benzene rings is 1. The third-order valence-corrected chi connectivity index (χ3v) is 3.76. The molecule has 2 nitrogen and oxygen atoms in total. The predicted molar refractivity (Wildman–Crippen MR) is 69.8 cm³/mol. The molecular formula is C14H12O2S. The summed E-state index contributed by atoms with van der Waals surface area (Å²) in [6.07, 6.45) is 0. The van der Waals surface area contributed by atoms with Crippen molar-refractivity contribution >= 4 is 22.9 Å². The Morgan fingerprint density at radius 3 is 2.00 bits per heavy atom. The van der Waals surface area contributed by atoms with Crippen LogP contribution in [0, 0.1) is 0 Å². The van der Waals surface area contributed by atoms with Gasteiger partial charge in [-0.2, -0.15) is 0 Å². The molecule has 0 saturated heterocycles. The van der Waals surface area contributed by atoms with Gasteiger partial charge in [0.25, 0.3) is 0 Å². The van der Waals surface area contributed by atoms with Gasteiger partial charge < -0.3 is 0 Å². The molecule has 3 heteroatoms. The lowest BCUT2D eigenvalue weighted by Crippen LogP contribution is -1.90. The number of thiophene rings is 1. The van der Waals surface area contributed by atoms with Crippen LogP contribution in [0.1, 0.15) is 33.9 Å². The van der Waals surface area contributed by atoms with Gasteiger partial charge in [0.1, 0.15) is 0 Å². The fraction of sp³-hybridized carbons (Fsp3) is 0.143. The van der Waals surface area contributed by atoms with Crippen LogP contribution in [-0.4, -0.2) is 11.6 Å². The molecule has 1 aromatic heterocycles. The van der Waals surface area contributed by atoms with E-state index < -0.39 is 0 Å². The van der Waals surface area contributed by atoms with Gasteiger partial charge in [0.2, 0.25) is 0 Å². The van der Waals surface area contributed by atoms with Crippen molar-refractivity contribution in [1.82, 2.24) is 0 Å². The quantitative estimate of drug-likeness (QED) is 0.769. The predicted octanol–water partition coefficient (Wildman–Crippen LogP) is 3.82. The Morgan fingerprint density at radius 1 is 0.882 bits per heavy atom. The van der Waals surface area contributed by atoms with Gasteiger partial charge in [0.05, 0.1) is 4.88 Å². The minimum absolute atomic E-state index is 0.0622. The van der Waals surface area contributed by atoms with Crippen molar-refractivity contribution in [2.75, 3.05) is 0 Å². The molecule has 0 aliphatic heterocycles. The molecule has 17 heavy (non-hydrogen) atoms. The van der Waals surface area contributed by atoms with Crippen LogP contribution >= 0.6 is 11.3 Å². The lowest BCUT2D eigenvalue weighted by molar-refractivity contribution is 0.101. The zero-order valence-corrected chi connectivity index (χ0v) is 10.5. The molecule has 0 atom stereocenters. The first kappa shape index (κ1) is 11.7. The third-order valence-electron chi connectivity index (χ3n) is 2.53. The first-order valence-corrected chi connectivity index (χ1v) is 6.12. The Kier molecular flexibility index (Phi) is 3.20. The smallest absolute Gasteiger partial charge is 0.169 e. The van der Waals surface area contributed by atoms with Gasteiger partial charge in [-0.3, -0.25) is 9.59 Å². The number of carbonyl (C=O) groups is 2. The second kappa shape index (κ2) is 4.63. The van der Waals surface area contributed by atoms with Gasteiger partial charge in [-0.25, -0.2) is 0 Å². The second-order valence-corrected chi connectivity index (χ2v) is 4.94. The summed E-state index contributed by atoms with van der Waals surface area (Å²) in [6, 6.07) is 11.2. The van der Waals surface area contributed by atoms with Gasteiger partial charge in [0, 0.05) is 10.4 Å². The summed E-state index contributed by atoms with van der Waals surface area (Å²) in [5, 5.41) is 0. The summed E-state index contributed by atoms with van der Waals surface area (Å²) in [5.74, 6) is 0.147. The molecular weight excluding hydrogens is 232 g/mol. The topological polar surface area (TPSA) is 34.1 Å². The number of hydrogen-bond acceptors (Lipinski definition) is 3. The Bertz CT molecular complexity index is 564. The van der Waals surface area contributed by atoms with Gasteiger partial charge in [-0.15, -0.1) is 11.3 Å². The van der Waals surface area contributed by atoms with E-state index >= 15 is 0 Å². The summed E-state index contributed by atoms with van der Waals surface area (Å²) >= 11 is 1.47. The number of Topliss-reactive ketones (excluding diaryl/α,β-unsaturated/α-hetero) is 2. The monoisotopic (exact) mass is 244 g/mol. The van der Waals surface area contributed by atoms with Crippen LogP contribution in [0.3, 0.4) is 0 Å². The van der Waals surface area contributed by atoms with Crippen LogP contribution in [0.25, 0.3) is 10.4 Å². The summed E-state index contributed by atoms with van der Waals surface area (Å²) in [7, 11) is 0. The van der Waals surface area contributed by atoms with Crippen LogP contribution in [0.2, 0.25) is 0 Å². The fourth-order valence-electron chi connectivity index (χ4n) is 1.55. The van der Waals surface area contributed by atoms with Crippen LogP contribution in [0.15, 0.2) is 36.4 Å². The third kappa shape index (κ3) is 2.50. The van der Waals surface area contributed by atoms with Crippen molar-refractivity contribution in [3.63, 3.8) is 0 Å². The van der Waals surface area contributed by atoms with Crippen LogP contribution in [0.5, 0.6) is 0 Å². The molecule has 1 aromatic carbocycles. The van der Waals surface area contributed by atoms with Crippen LogP contribution < -0.4 is 0 Å². The van der Waals surface area contributed by atoms with Gasteiger partial charge in [-0.1, -0.05) is 24.3 Å². The van der Waals surface area contributed by atoms with E-state index in [1.54, 1.807) is 13.8 Å². The van der Waals surface area contributed by atoms with E-state index in [1.807, 2.05) is 36.4 Å². The van der Waals surface area contributed by atoms with E-state index in [2.05, 4.69) is 0 Å².